The molecule has 0 radical (unpaired) electrons. The Labute approximate surface area is 137 Å². The van der Waals surface area contributed by atoms with Crippen LogP contribution in [0.1, 0.15) is 18.4 Å². The largest absolute Gasteiger partial charge is 0.416 e. The zero-order valence-corrected chi connectivity index (χ0v) is 13.0. The number of anilines is 1. The molecule has 0 spiro atoms. The molecule has 1 aromatic rings. The summed E-state index contributed by atoms with van der Waals surface area (Å²) in [7, 11) is 0. The van der Waals surface area contributed by atoms with E-state index in [4.69, 9.17) is 0 Å². The lowest BCUT2D eigenvalue weighted by atomic mass is 10.1. The summed E-state index contributed by atoms with van der Waals surface area (Å²) in [5.41, 5.74) is -0.168. The van der Waals surface area contributed by atoms with Crippen molar-refractivity contribution in [2.24, 2.45) is 0 Å². The van der Waals surface area contributed by atoms with E-state index in [9.17, 15) is 22.8 Å². The predicted octanol–water partition coefficient (Wildman–Crippen LogP) is 1.63. The number of carbonyl (C=O) groups excluding carboxylic acids is 2. The lowest BCUT2D eigenvalue weighted by Crippen LogP contribution is -2.53. The van der Waals surface area contributed by atoms with Gasteiger partial charge in [-0.2, -0.15) is 13.2 Å². The third-order valence-corrected chi connectivity index (χ3v) is 4.42. The van der Waals surface area contributed by atoms with Crippen LogP contribution >= 0.6 is 0 Å². The van der Waals surface area contributed by atoms with Gasteiger partial charge in [-0.25, -0.2) is 0 Å². The van der Waals surface area contributed by atoms with Crippen molar-refractivity contribution in [2.75, 3.05) is 31.1 Å². The molecule has 1 unspecified atom stereocenters. The number of benzene rings is 1. The zero-order valence-electron chi connectivity index (χ0n) is 13.0. The van der Waals surface area contributed by atoms with E-state index in [2.05, 4.69) is 5.32 Å². The van der Waals surface area contributed by atoms with Gasteiger partial charge in [0.25, 0.3) is 0 Å². The molecule has 2 amide bonds. The first-order valence-electron chi connectivity index (χ1n) is 7.85. The number of carbonyl (C=O) groups is 2. The fraction of sp³-hybridized carbons (Fsp3) is 0.500. The number of nitrogens with zero attached hydrogens (tertiary/aromatic N) is 2. The minimum Gasteiger partial charge on any atom is -0.368 e. The van der Waals surface area contributed by atoms with Crippen LogP contribution in [0, 0.1) is 0 Å². The lowest BCUT2D eigenvalue weighted by molar-refractivity contribution is -0.137. The van der Waals surface area contributed by atoms with Crippen LogP contribution in [0.5, 0.6) is 0 Å². The third-order valence-electron chi connectivity index (χ3n) is 4.42. The van der Waals surface area contributed by atoms with Gasteiger partial charge in [0.15, 0.2) is 0 Å². The van der Waals surface area contributed by atoms with Gasteiger partial charge in [-0.1, -0.05) is 6.07 Å². The van der Waals surface area contributed by atoms with Crippen LogP contribution in [0.15, 0.2) is 24.3 Å². The van der Waals surface area contributed by atoms with Crippen LogP contribution in [0.25, 0.3) is 0 Å². The van der Waals surface area contributed by atoms with Crippen LogP contribution < -0.4 is 10.2 Å². The highest BCUT2D eigenvalue weighted by Crippen LogP contribution is 2.31. The minimum atomic E-state index is -4.37. The second-order valence-electron chi connectivity index (χ2n) is 6.02. The van der Waals surface area contributed by atoms with Gasteiger partial charge in [0.2, 0.25) is 11.8 Å². The number of piperazine rings is 1. The van der Waals surface area contributed by atoms with E-state index in [-0.39, 0.29) is 11.8 Å². The van der Waals surface area contributed by atoms with E-state index in [1.807, 2.05) is 4.90 Å². The molecule has 0 aromatic heterocycles. The van der Waals surface area contributed by atoms with Gasteiger partial charge in [-0.05, 0) is 24.6 Å². The molecule has 2 heterocycles. The molecular weight excluding hydrogens is 323 g/mol. The topological polar surface area (TPSA) is 52.7 Å². The summed E-state index contributed by atoms with van der Waals surface area (Å²) in [4.78, 5) is 27.0. The lowest BCUT2D eigenvalue weighted by Gasteiger charge is -2.37. The molecule has 2 aliphatic rings. The molecule has 8 heteroatoms. The van der Waals surface area contributed by atoms with Crippen molar-refractivity contribution < 1.29 is 22.8 Å². The Hall–Kier alpha value is -2.25. The van der Waals surface area contributed by atoms with E-state index >= 15 is 0 Å². The number of nitrogens with one attached hydrogen (secondary N) is 1. The van der Waals surface area contributed by atoms with Gasteiger partial charge < -0.3 is 15.1 Å². The molecule has 1 aromatic carbocycles. The number of alkyl halides is 3. The maximum atomic E-state index is 12.8. The number of halogens is 3. The van der Waals surface area contributed by atoms with Crippen molar-refractivity contribution in [3.8, 4) is 0 Å². The predicted molar refractivity (Wildman–Crippen MR) is 81.4 cm³/mol. The van der Waals surface area contributed by atoms with Crippen LogP contribution in [-0.4, -0.2) is 48.9 Å². The molecule has 2 fully saturated rings. The number of amides is 2. The Morgan fingerprint density at radius 3 is 2.46 bits per heavy atom. The van der Waals surface area contributed by atoms with E-state index in [1.165, 1.54) is 6.07 Å². The Bertz CT molecular complexity index is 640. The molecule has 5 nitrogen and oxygen atoms in total. The maximum absolute atomic E-state index is 12.8. The summed E-state index contributed by atoms with van der Waals surface area (Å²) in [6.07, 6.45) is -3.50. The summed E-state index contributed by atoms with van der Waals surface area (Å²) in [5, 5.41) is 2.65. The van der Waals surface area contributed by atoms with Crippen molar-refractivity contribution in [3.63, 3.8) is 0 Å². The Balaban J connectivity index is 1.61. The van der Waals surface area contributed by atoms with Crippen molar-refractivity contribution in [2.45, 2.75) is 25.1 Å². The quantitative estimate of drug-likeness (QED) is 0.890. The number of hydrogen-bond acceptors (Lipinski definition) is 3. The molecule has 3 rings (SSSR count). The standard InChI is InChI=1S/C16H18F3N3O2/c17-16(18,19)11-2-1-3-12(10-11)21-6-8-22(9-7-21)15(24)13-4-5-14(23)20-13/h1-3,10,13H,4-9H2,(H,20,23). The highest BCUT2D eigenvalue weighted by atomic mass is 19.4. The maximum Gasteiger partial charge on any atom is 0.416 e. The fourth-order valence-corrected chi connectivity index (χ4v) is 3.08. The zero-order chi connectivity index (χ0) is 17.3. The van der Waals surface area contributed by atoms with Gasteiger partial charge in [0.1, 0.15) is 6.04 Å². The summed E-state index contributed by atoms with van der Waals surface area (Å²) < 4.78 is 38.4. The Morgan fingerprint density at radius 1 is 1.17 bits per heavy atom. The third kappa shape index (κ3) is 3.47. The van der Waals surface area contributed by atoms with E-state index in [0.29, 0.717) is 44.7 Å². The van der Waals surface area contributed by atoms with Gasteiger partial charge in [0, 0.05) is 38.3 Å². The van der Waals surface area contributed by atoms with E-state index in [0.717, 1.165) is 12.1 Å². The van der Waals surface area contributed by atoms with Gasteiger partial charge in [-0.3, -0.25) is 9.59 Å². The number of hydrogen-bond donors (Lipinski definition) is 1. The van der Waals surface area contributed by atoms with Crippen molar-refractivity contribution in [3.05, 3.63) is 29.8 Å². The summed E-state index contributed by atoms with van der Waals surface area (Å²) in [5.74, 6) is -0.222. The van der Waals surface area contributed by atoms with Crippen LogP contribution in [0.3, 0.4) is 0 Å². The van der Waals surface area contributed by atoms with Crippen LogP contribution in [-0.2, 0) is 15.8 Å². The Morgan fingerprint density at radius 2 is 1.88 bits per heavy atom. The van der Waals surface area contributed by atoms with Crippen LogP contribution in [0.2, 0.25) is 0 Å². The molecular formula is C16H18F3N3O2. The van der Waals surface area contributed by atoms with Crippen molar-refractivity contribution >= 4 is 17.5 Å². The highest BCUT2D eigenvalue weighted by Gasteiger charge is 2.33. The fourth-order valence-electron chi connectivity index (χ4n) is 3.08. The summed E-state index contributed by atoms with van der Waals surface area (Å²) in [6.45, 7) is 1.80. The molecule has 2 saturated heterocycles. The normalized spacial score (nSPS) is 21.8. The second kappa shape index (κ2) is 6.33. The van der Waals surface area contributed by atoms with Crippen molar-refractivity contribution in [1.29, 1.82) is 0 Å². The smallest absolute Gasteiger partial charge is 0.368 e. The minimum absolute atomic E-state index is 0.107. The van der Waals surface area contributed by atoms with Gasteiger partial charge in [-0.15, -0.1) is 0 Å². The second-order valence-corrected chi connectivity index (χ2v) is 6.02. The molecule has 24 heavy (non-hydrogen) atoms. The van der Waals surface area contributed by atoms with E-state index in [1.54, 1.807) is 11.0 Å². The summed E-state index contributed by atoms with van der Waals surface area (Å²) in [6, 6.07) is 4.76. The first kappa shape index (κ1) is 16.6. The monoisotopic (exact) mass is 341 g/mol. The molecule has 0 bridgehead atoms. The first-order chi connectivity index (χ1) is 11.3. The number of rotatable bonds is 2. The molecule has 0 aliphatic carbocycles. The SMILES string of the molecule is O=C1CCC(C(=O)N2CCN(c3cccc(C(F)(F)F)c3)CC2)N1. The van der Waals surface area contributed by atoms with E-state index < -0.39 is 17.8 Å². The van der Waals surface area contributed by atoms with Gasteiger partial charge in [0.05, 0.1) is 5.56 Å². The van der Waals surface area contributed by atoms with Crippen molar-refractivity contribution in [1.82, 2.24) is 10.2 Å². The first-order valence-corrected chi connectivity index (χ1v) is 7.85. The molecule has 1 N–H and O–H groups in total. The van der Waals surface area contributed by atoms with Crippen LogP contribution in [0.4, 0.5) is 18.9 Å². The molecule has 2 aliphatic heterocycles. The average Bonchev–Trinajstić information content (AvgIpc) is 3.00. The molecule has 130 valence electrons. The average molecular weight is 341 g/mol. The summed E-state index contributed by atoms with van der Waals surface area (Å²) >= 11 is 0. The molecule has 0 saturated carbocycles. The Kier molecular flexibility index (Phi) is 4.38. The molecule has 1 atom stereocenters. The highest BCUT2D eigenvalue weighted by molar-refractivity contribution is 5.90. The van der Waals surface area contributed by atoms with Gasteiger partial charge >= 0.3 is 6.18 Å².